The maximum absolute atomic E-state index is 12.1. The molecule has 7 nitrogen and oxygen atoms in total. The zero-order valence-corrected chi connectivity index (χ0v) is 13.6. The van der Waals surface area contributed by atoms with Crippen molar-refractivity contribution >= 4 is 49.5 Å². The van der Waals surface area contributed by atoms with E-state index in [0.717, 1.165) is 0 Å². The van der Waals surface area contributed by atoms with Crippen LogP contribution in [0.4, 0.5) is 0 Å². The van der Waals surface area contributed by atoms with E-state index in [1.54, 1.807) is 0 Å². The second kappa shape index (κ2) is 7.21. The van der Waals surface area contributed by atoms with Gasteiger partial charge in [-0.05, 0) is 24.6 Å². The van der Waals surface area contributed by atoms with Gasteiger partial charge >= 0.3 is 11.9 Å². The number of carboxylic acid groups (broad SMARTS) is 2. The Morgan fingerprint density at radius 3 is 2.43 bits per heavy atom. The van der Waals surface area contributed by atoms with Crippen LogP contribution in [-0.4, -0.2) is 36.6 Å². The van der Waals surface area contributed by atoms with Gasteiger partial charge in [0.05, 0.1) is 5.02 Å². The van der Waals surface area contributed by atoms with Gasteiger partial charge in [-0.2, -0.15) is 4.72 Å². The van der Waals surface area contributed by atoms with Gasteiger partial charge in [-0.3, -0.25) is 9.59 Å². The van der Waals surface area contributed by atoms with Gasteiger partial charge in [0.2, 0.25) is 10.0 Å². The van der Waals surface area contributed by atoms with E-state index in [2.05, 4.69) is 15.9 Å². The van der Waals surface area contributed by atoms with E-state index < -0.39 is 34.4 Å². The summed E-state index contributed by atoms with van der Waals surface area (Å²) in [6.07, 6.45) is -0.856. The smallest absolute Gasteiger partial charge is 0.321 e. The van der Waals surface area contributed by atoms with Crippen LogP contribution in [0.5, 0.6) is 0 Å². The molecule has 0 aliphatic rings. The first kappa shape index (κ1) is 17.9. The summed E-state index contributed by atoms with van der Waals surface area (Å²) < 4.78 is 26.7. The van der Waals surface area contributed by atoms with Crippen molar-refractivity contribution in [2.24, 2.45) is 0 Å². The van der Waals surface area contributed by atoms with Gasteiger partial charge in [0.1, 0.15) is 10.9 Å². The minimum Gasteiger partial charge on any atom is -0.481 e. The van der Waals surface area contributed by atoms with Gasteiger partial charge in [-0.25, -0.2) is 8.42 Å². The summed E-state index contributed by atoms with van der Waals surface area (Å²) in [6, 6.07) is 2.45. The van der Waals surface area contributed by atoms with E-state index in [1.165, 1.54) is 18.2 Å². The first-order valence-corrected chi connectivity index (χ1v) is 8.21. The molecule has 0 radical (unpaired) electrons. The summed E-state index contributed by atoms with van der Waals surface area (Å²) in [6.45, 7) is 0. The minimum absolute atomic E-state index is 0.0840. The number of nitrogens with one attached hydrogen (secondary N) is 1. The average Bonchev–Trinajstić information content (AvgIpc) is 2.33. The van der Waals surface area contributed by atoms with Gasteiger partial charge in [0, 0.05) is 10.9 Å². The molecule has 1 atom stereocenters. The van der Waals surface area contributed by atoms with E-state index in [9.17, 15) is 18.0 Å². The standard InChI is InChI=1S/C11H11BrClNO6S/c12-6-1-3-9(7(13)5-6)21(19,20)14-8(11(17)18)2-4-10(15)16/h1,3,5,8,14H,2,4H2,(H,15,16)(H,17,18)/t8-/m0/s1. The Bertz CT molecular complexity index is 663. The molecule has 0 heterocycles. The molecule has 0 amide bonds. The molecule has 0 unspecified atom stereocenters. The fraction of sp³-hybridized carbons (Fsp3) is 0.273. The molecular weight excluding hydrogens is 390 g/mol. The Kier molecular flexibility index (Phi) is 6.14. The molecule has 0 spiro atoms. The van der Waals surface area contributed by atoms with Crippen LogP contribution in [0.15, 0.2) is 27.6 Å². The molecule has 116 valence electrons. The molecule has 1 aromatic carbocycles. The van der Waals surface area contributed by atoms with Crippen LogP contribution in [0.1, 0.15) is 12.8 Å². The third kappa shape index (κ3) is 5.27. The largest absolute Gasteiger partial charge is 0.481 e. The van der Waals surface area contributed by atoms with Crippen LogP contribution in [0, 0.1) is 0 Å². The number of hydrogen-bond acceptors (Lipinski definition) is 4. The molecule has 0 aliphatic carbocycles. The van der Waals surface area contributed by atoms with Crippen LogP contribution in [-0.2, 0) is 19.6 Å². The Morgan fingerprint density at radius 1 is 1.33 bits per heavy atom. The lowest BCUT2D eigenvalue weighted by atomic mass is 10.2. The third-order valence-electron chi connectivity index (χ3n) is 2.43. The molecule has 1 rings (SSSR count). The zero-order valence-electron chi connectivity index (χ0n) is 10.4. The van der Waals surface area contributed by atoms with Crippen LogP contribution in [0.3, 0.4) is 0 Å². The Balaban J connectivity index is 3.00. The molecule has 1 aromatic rings. The van der Waals surface area contributed by atoms with Crippen molar-refractivity contribution in [3.63, 3.8) is 0 Å². The number of hydrogen-bond donors (Lipinski definition) is 3. The second-order valence-corrected chi connectivity index (χ2v) is 7.02. The SMILES string of the molecule is O=C(O)CC[C@H](NS(=O)(=O)c1ccc(Br)cc1Cl)C(=O)O. The highest BCUT2D eigenvalue weighted by Crippen LogP contribution is 2.25. The summed E-state index contributed by atoms with van der Waals surface area (Å²) in [5.74, 6) is -2.69. The summed E-state index contributed by atoms with van der Waals surface area (Å²) in [5.41, 5.74) is 0. The number of aliphatic carboxylic acids is 2. The molecule has 0 bridgehead atoms. The number of rotatable bonds is 7. The van der Waals surface area contributed by atoms with Crippen LogP contribution < -0.4 is 4.72 Å². The van der Waals surface area contributed by atoms with Gasteiger partial charge in [-0.1, -0.05) is 27.5 Å². The Labute approximate surface area is 134 Å². The van der Waals surface area contributed by atoms with E-state index in [-0.39, 0.29) is 16.3 Å². The lowest BCUT2D eigenvalue weighted by molar-refractivity contribution is -0.140. The lowest BCUT2D eigenvalue weighted by Crippen LogP contribution is -2.41. The molecule has 10 heteroatoms. The highest BCUT2D eigenvalue weighted by molar-refractivity contribution is 9.10. The predicted molar refractivity (Wildman–Crippen MR) is 77.8 cm³/mol. The molecule has 0 fully saturated rings. The number of benzene rings is 1. The fourth-order valence-electron chi connectivity index (χ4n) is 1.44. The van der Waals surface area contributed by atoms with Crippen molar-refractivity contribution in [1.29, 1.82) is 0 Å². The van der Waals surface area contributed by atoms with Crippen molar-refractivity contribution in [1.82, 2.24) is 4.72 Å². The van der Waals surface area contributed by atoms with E-state index >= 15 is 0 Å². The molecule has 0 saturated heterocycles. The predicted octanol–water partition coefficient (Wildman–Crippen LogP) is 1.70. The van der Waals surface area contributed by atoms with E-state index in [0.29, 0.717) is 4.47 Å². The van der Waals surface area contributed by atoms with Crippen LogP contribution >= 0.6 is 27.5 Å². The fourth-order valence-corrected chi connectivity index (χ4v) is 3.71. The molecule has 0 saturated carbocycles. The second-order valence-electron chi connectivity index (χ2n) is 4.02. The van der Waals surface area contributed by atoms with Gasteiger partial charge in [0.15, 0.2) is 0 Å². The maximum atomic E-state index is 12.1. The summed E-state index contributed by atoms with van der Waals surface area (Å²) in [4.78, 5) is 21.2. The minimum atomic E-state index is -4.18. The van der Waals surface area contributed by atoms with Crippen molar-refractivity contribution in [3.8, 4) is 0 Å². The molecular formula is C11H11BrClNO6S. The van der Waals surface area contributed by atoms with Crippen LogP contribution in [0.25, 0.3) is 0 Å². The maximum Gasteiger partial charge on any atom is 0.321 e. The quantitative estimate of drug-likeness (QED) is 0.640. The molecule has 21 heavy (non-hydrogen) atoms. The highest BCUT2D eigenvalue weighted by Gasteiger charge is 2.27. The first-order valence-electron chi connectivity index (χ1n) is 5.55. The van der Waals surface area contributed by atoms with Gasteiger partial charge in [-0.15, -0.1) is 0 Å². The van der Waals surface area contributed by atoms with Crippen molar-refractivity contribution < 1.29 is 28.2 Å². The van der Waals surface area contributed by atoms with Crippen molar-refractivity contribution in [2.45, 2.75) is 23.8 Å². The molecule has 3 N–H and O–H groups in total. The molecule has 0 aliphatic heterocycles. The lowest BCUT2D eigenvalue weighted by Gasteiger charge is -2.14. The summed E-state index contributed by atoms with van der Waals surface area (Å²) >= 11 is 8.93. The van der Waals surface area contributed by atoms with E-state index in [4.69, 9.17) is 21.8 Å². The topological polar surface area (TPSA) is 121 Å². The Morgan fingerprint density at radius 2 is 1.95 bits per heavy atom. The third-order valence-corrected chi connectivity index (χ3v) is 4.87. The average molecular weight is 401 g/mol. The molecule has 0 aromatic heterocycles. The normalized spacial score (nSPS) is 12.9. The highest BCUT2D eigenvalue weighted by atomic mass is 79.9. The zero-order chi connectivity index (χ0) is 16.2. The number of halogens is 2. The van der Waals surface area contributed by atoms with Gasteiger partial charge in [0.25, 0.3) is 0 Å². The first-order chi connectivity index (χ1) is 9.63. The Hall–Kier alpha value is -1.16. The number of carboxylic acids is 2. The summed E-state index contributed by atoms with van der Waals surface area (Å²) in [5, 5.41) is 17.4. The summed E-state index contributed by atoms with van der Waals surface area (Å²) in [7, 11) is -4.18. The van der Waals surface area contributed by atoms with Crippen molar-refractivity contribution in [3.05, 3.63) is 27.7 Å². The number of carbonyl (C=O) groups is 2. The van der Waals surface area contributed by atoms with Crippen LogP contribution in [0.2, 0.25) is 5.02 Å². The number of sulfonamides is 1. The van der Waals surface area contributed by atoms with E-state index in [1.807, 2.05) is 4.72 Å². The van der Waals surface area contributed by atoms with Crippen molar-refractivity contribution in [2.75, 3.05) is 0 Å². The van der Waals surface area contributed by atoms with Gasteiger partial charge < -0.3 is 10.2 Å². The monoisotopic (exact) mass is 399 g/mol.